The summed E-state index contributed by atoms with van der Waals surface area (Å²) in [6.45, 7) is 2.03. The molecule has 0 saturated heterocycles. The number of benzene rings is 1. The molecule has 0 bridgehead atoms. The van der Waals surface area contributed by atoms with Crippen molar-refractivity contribution in [2.75, 3.05) is 6.61 Å². The smallest absolute Gasteiger partial charge is 0.392 e. The van der Waals surface area contributed by atoms with Crippen molar-refractivity contribution in [1.29, 1.82) is 0 Å². The maximum Gasteiger partial charge on any atom is 0.392 e. The van der Waals surface area contributed by atoms with Crippen molar-refractivity contribution in [2.45, 2.75) is 19.5 Å². The van der Waals surface area contributed by atoms with Gasteiger partial charge in [0.1, 0.15) is 0 Å². The molecule has 0 aliphatic heterocycles. The predicted molar refractivity (Wildman–Crippen MR) is 71.2 cm³/mol. The van der Waals surface area contributed by atoms with Gasteiger partial charge >= 0.3 is 12.1 Å². The summed E-state index contributed by atoms with van der Waals surface area (Å²) >= 11 is 0. The number of carbonyl (C=O) groups is 1. The van der Waals surface area contributed by atoms with E-state index in [1.54, 1.807) is 37.3 Å². The van der Waals surface area contributed by atoms with E-state index in [0.717, 1.165) is 11.6 Å². The van der Waals surface area contributed by atoms with Crippen molar-refractivity contribution in [3.05, 3.63) is 53.6 Å². The molecule has 1 aromatic carbocycles. The molecule has 0 amide bonds. The highest BCUT2D eigenvalue weighted by atomic mass is 19.4. The lowest BCUT2D eigenvalue weighted by molar-refractivity contribution is -0.125. The van der Waals surface area contributed by atoms with Gasteiger partial charge in [0.2, 0.25) is 0 Å². The molecule has 0 atom stereocenters. The van der Waals surface area contributed by atoms with Crippen molar-refractivity contribution in [3.8, 4) is 0 Å². The average Bonchev–Trinajstić information content (AvgIpc) is 2.38. The quantitative estimate of drug-likeness (QED) is 0.592. The number of carbonyl (C=O) groups excluding carboxylic acids is 1. The molecule has 0 aliphatic carbocycles. The molecule has 20 heavy (non-hydrogen) atoms. The zero-order valence-corrected chi connectivity index (χ0v) is 11.0. The summed E-state index contributed by atoms with van der Waals surface area (Å²) in [4.78, 5) is 11.4. The summed E-state index contributed by atoms with van der Waals surface area (Å²) in [6, 6.07) is 6.61. The number of esters is 1. The first-order valence-electron chi connectivity index (χ1n) is 6.09. The zero-order valence-electron chi connectivity index (χ0n) is 11.0. The highest BCUT2D eigenvalue weighted by Gasteiger charge is 2.24. The van der Waals surface area contributed by atoms with Crippen LogP contribution in [-0.4, -0.2) is 18.8 Å². The number of hydrogen-bond donors (Lipinski definition) is 0. The van der Waals surface area contributed by atoms with Crippen LogP contribution in [0.1, 0.15) is 29.3 Å². The summed E-state index contributed by atoms with van der Waals surface area (Å²) in [6.07, 6.45) is 0.438. The Morgan fingerprint density at radius 2 is 1.85 bits per heavy atom. The van der Waals surface area contributed by atoms with E-state index in [1.807, 2.05) is 0 Å². The highest BCUT2D eigenvalue weighted by molar-refractivity contribution is 5.89. The van der Waals surface area contributed by atoms with Crippen LogP contribution in [0.25, 0.3) is 6.08 Å². The molecule has 5 heteroatoms. The van der Waals surface area contributed by atoms with Crippen LogP contribution in [0.2, 0.25) is 0 Å². The normalized spacial score (nSPS) is 12.2. The second-order valence-corrected chi connectivity index (χ2v) is 3.95. The maximum absolute atomic E-state index is 11.9. The van der Waals surface area contributed by atoms with Crippen molar-refractivity contribution >= 4 is 12.0 Å². The van der Waals surface area contributed by atoms with Gasteiger partial charge in [0.25, 0.3) is 0 Å². The number of rotatable bonds is 5. The van der Waals surface area contributed by atoms with E-state index in [0.29, 0.717) is 12.2 Å². The van der Waals surface area contributed by atoms with E-state index in [9.17, 15) is 18.0 Å². The van der Waals surface area contributed by atoms with Gasteiger partial charge in [-0.15, -0.1) is 0 Å². The number of halogens is 3. The molecule has 0 unspecified atom stereocenters. The maximum atomic E-state index is 11.9. The third kappa shape index (κ3) is 6.22. The lowest BCUT2D eigenvalue weighted by atomic mass is 10.1. The first kappa shape index (κ1) is 16.0. The molecule has 0 aliphatic rings. The molecule has 0 fully saturated rings. The first-order valence-corrected chi connectivity index (χ1v) is 6.09. The van der Waals surface area contributed by atoms with Gasteiger partial charge < -0.3 is 4.74 Å². The Balaban J connectivity index is 2.55. The molecular weight excluding hydrogens is 269 g/mol. The minimum absolute atomic E-state index is 0.310. The van der Waals surface area contributed by atoms with E-state index in [4.69, 9.17) is 4.74 Å². The Labute approximate surface area is 115 Å². The summed E-state index contributed by atoms with van der Waals surface area (Å²) in [5.41, 5.74) is 1.23. The van der Waals surface area contributed by atoms with E-state index in [-0.39, 0.29) is 0 Å². The van der Waals surface area contributed by atoms with Crippen molar-refractivity contribution in [2.24, 2.45) is 0 Å². The van der Waals surface area contributed by atoms with Crippen LogP contribution in [0, 0.1) is 0 Å². The molecule has 0 aromatic heterocycles. The second kappa shape index (κ2) is 7.53. The van der Waals surface area contributed by atoms with Gasteiger partial charge in [-0.2, -0.15) is 13.2 Å². The Morgan fingerprint density at radius 1 is 1.20 bits per heavy atom. The molecule has 1 aromatic rings. The molecule has 0 spiro atoms. The van der Waals surface area contributed by atoms with E-state index < -0.39 is 18.6 Å². The Kier molecular flexibility index (Phi) is 6.03. The van der Waals surface area contributed by atoms with Gasteiger partial charge in [0.15, 0.2) is 0 Å². The summed E-state index contributed by atoms with van der Waals surface area (Å²) in [5.74, 6) is -0.395. The SMILES string of the molecule is CCOC(=O)c1ccc(C=CC=CCC(F)(F)F)cc1. The average molecular weight is 284 g/mol. The van der Waals surface area contributed by atoms with Gasteiger partial charge in [0.05, 0.1) is 18.6 Å². The third-order valence-electron chi connectivity index (χ3n) is 2.31. The molecular formula is C15H15F3O2. The van der Waals surface area contributed by atoms with Gasteiger partial charge in [-0.3, -0.25) is 0 Å². The first-order chi connectivity index (χ1) is 9.42. The third-order valence-corrected chi connectivity index (χ3v) is 2.31. The molecule has 0 N–H and O–H groups in total. The van der Waals surface area contributed by atoms with Gasteiger partial charge in [-0.25, -0.2) is 4.79 Å². The Bertz CT molecular complexity index is 485. The number of allylic oxidation sites excluding steroid dienone is 3. The zero-order chi connectivity index (χ0) is 15.0. The molecule has 108 valence electrons. The molecule has 0 saturated carbocycles. The monoisotopic (exact) mass is 284 g/mol. The molecule has 1 rings (SSSR count). The topological polar surface area (TPSA) is 26.3 Å². The van der Waals surface area contributed by atoms with Crippen molar-refractivity contribution < 1.29 is 22.7 Å². The molecule has 0 heterocycles. The molecule has 2 nitrogen and oxygen atoms in total. The Hall–Kier alpha value is -2.04. The fourth-order valence-corrected chi connectivity index (χ4v) is 1.39. The summed E-state index contributed by atoms with van der Waals surface area (Å²) in [5, 5.41) is 0. The predicted octanol–water partition coefficient (Wildman–Crippen LogP) is 4.39. The lowest BCUT2D eigenvalue weighted by Gasteiger charge is -2.01. The number of ether oxygens (including phenoxy) is 1. The molecule has 0 radical (unpaired) electrons. The van der Waals surface area contributed by atoms with Crippen LogP contribution in [0.3, 0.4) is 0 Å². The number of hydrogen-bond acceptors (Lipinski definition) is 2. The van der Waals surface area contributed by atoms with Crippen LogP contribution in [0.15, 0.2) is 42.5 Å². The fraction of sp³-hybridized carbons (Fsp3) is 0.267. The van der Waals surface area contributed by atoms with Crippen LogP contribution in [-0.2, 0) is 4.74 Å². The van der Waals surface area contributed by atoms with Crippen LogP contribution < -0.4 is 0 Å². The highest BCUT2D eigenvalue weighted by Crippen LogP contribution is 2.19. The van der Waals surface area contributed by atoms with Gasteiger partial charge in [-0.05, 0) is 24.6 Å². The van der Waals surface area contributed by atoms with Crippen molar-refractivity contribution in [3.63, 3.8) is 0 Å². The van der Waals surface area contributed by atoms with Crippen LogP contribution >= 0.6 is 0 Å². The largest absolute Gasteiger partial charge is 0.462 e. The second-order valence-electron chi connectivity index (χ2n) is 3.95. The number of alkyl halides is 3. The lowest BCUT2D eigenvalue weighted by Crippen LogP contribution is -2.04. The Morgan fingerprint density at radius 3 is 2.40 bits per heavy atom. The van der Waals surface area contributed by atoms with Gasteiger partial charge in [-0.1, -0.05) is 36.4 Å². The van der Waals surface area contributed by atoms with E-state index >= 15 is 0 Å². The summed E-state index contributed by atoms with van der Waals surface area (Å²) in [7, 11) is 0. The van der Waals surface area contributed by atoms with Crippen LogP contribution in [0.5, 0.6) is 0 Å². The fourth-order valence-electron chi connectivity index (χ4n) is 1.39. The minimum atomic E-state index is -4.17. The van der Waals surface area contributed by atoms with Crippen molar-refractivity contribution in [1.82, 2.24) is 0 Å². The van der Waals surface area contributed by atoms with Crippen LogP contribution in [0.4, 0.5) is 13.2 Å². The minimum Gasteiger partial charge on any atom is -0.462 e. The van der Waals surface area contributed by atoms with E-state index in [2.05, 4.69) is 0 Å². The summed E-state index contributed by atoms with van der Waals surface area (Å²) < 4.78 is 40.4. The van der Waals surface area contributed by atoms with E-state index in [1.165, 1.54) is 12.2 Å². The standard InChI is InChI=1S/C15H15F3O2/c1-2-20-14(19)13-9-7-12(8-10-13)6-4-3-5-11-15(16,17)18/h3-10H,2,11H2,1H3. The van der Waals surface area contributed by atoms with Gasteiger partial charge in [0, 0.05) is 0 Å².